The number of methoxy groups -OCH3 is 2. The third-order valence-electron chi connectivity index (χ3n) is 11.4. The lowest BCUT2D eigenvalue weighted by Crippen LogP contribution is -2.50. The number of carbonyl (C=O) groups excluding carboxylic acids is 1. The Bertz CT molecular complexity index is 2140. The minimum absolute atomic E-state index is 0.00483. The summed E-state index contributed by atoms with van der Waals surface area (Å²) in [6, 6.07) is 29.2. The number of nitriles is 1. The zero-order valence-electron chi connectivity index (χ0n) is 38.7. The molecule has 5 atom stereocenters. The molecule has 1 amide bonds. The predicted octanol–water partition coefficient (Wildman–Crippen LogP) is 9.18. The molecule has 0 spiro atoms. The van der Waals surface area contributed by atoms with Crippen LogP contribution in [0, 0.1) is 11.3 Å². The van der Waals surface area contributed by atoms with Gasteiger partial charge in [-0.1, -0.05) is 75.4 Å². The molecule has 1 aliphatic heterocycles. The molecule has 0 saturated carbocycles. The maximum Gasteiger partial charge on any atom is 0.351 e. The summed E-state index contributed by atoms with van der Waals surface area (Å²) in [5, 5.41) is 11.9. The number of aromatic nitrogens is 2. The fourth-order valence-corrected chi connectivity index (χ4v) is 10.4. The van der Waals surface area contributed by atoms with Crippen LogP contribution in [0.2, 0.25) is 18.1 Å². The van der Waals surface area contributed by atoms with Crippen LogP contribution in [0.5, 0.6) is 11.5 Å². The summed E-state index contributed by atoms with van der Waals surface area (Å²) in [6.07, 6.45) is -1.94. The molecule has 1 N–H and O–H groups in total. The highest BCUT2D eigenvalue weighted by atomic mass is 31.2. The summed E-state index contributed by atoms with van der Waals surface area (Å²) in [5.41, 5.74) is 0.633. The highest BCUT2D eigenvalue weighted by molar-refractivity contribution is 7.44. The molecule has 0 aliphatic carbocycles. The van der Waals surface area contributed by atoms with Crippen molar-refractivity contribution in [1.29, 1.82) is 5.26 Å². The Morgan fingerprint density at radius 1 is 0.905 bits per heavy atom. The highest BCUT2D eigenvalue weighted by Gasteiger charge is 2.54. The summed E-state index contributed by atoms with van der Waals surface area (Å²) in [7, 11) is -1.24. The van der Waals surface area contributed by atoms with Crippen LogP contribution >= 0.6 is 8.53 Å². The number of amides is 1. The molecule has 1 aliphatic rings. The second-order valence-electron chi connectivity index (χ2n) is 17.5. The minimum atomic E-state index is -2.66. The molecule has 1 fully saturated rings. The van der Waals surface area contributed by atoms with Gasteiger partial charge in [0.25, 0.3) is 8.53 Å². The molecular formula is C47H64N5O9PSi. The van der Waals surface area contributed by atoms with Crippen molar-refractivity contribution >= 4 is 28.6 Å². The van der Waals surface area contributed by atoms with Crippen molar-refractivity contribution in [2.45, 2.75) is 122 Å². The number of hydrogen-bond acceptors (Lipinski definition) is 12. The van der Waals surface area contributed by atoms with E-state index in [4.69, 9.17) is 32.4 Å². The number of rotatable bonds is 20. The number of nitrogens with zero attached hydrogens (tertiary/aromatic N) is 4. The maximum atomic E-state index is 14.0. The van der Waals surface area contributed by atoms with Crippen LogP contribution in [0.1, 0.15) is 84.7 Å². The van der Waals surface area contributed by atoms with Crippen molar-refractivity contribution in [3.05, 3.63) is 118 Å². The quantitative estimate of drug-likeness (QED) is 0.0389. The van der Waals surface area contributed by atoms with Crippen molar-refractivity contribution in [2.75, 3.05) is 32.8 Å². The van der Waals surface area contributed by atoms with Crippen molar-refractivity contribution in [2.24, 2.45) is 0 Å². The zero-order valence-corrected chi connectivity index (χ0v) is 40.6. The van der Waals surface area contributed by atoms with Crippen LogP contribution < -0.4 is 20.5 Å². The Labute approximate surface area is 374 Å². The van der Waals surface area contributed by atoms with Crippen LogP contribution in [0.4, 0.5) is 5.82 Å². The average Bonchev–Trinajstić information content (AvgIpc) is 3.55. The minimum Gasteiger partial charge on any atom is -0.497 e. The molecule has 1 aromatic heterocycles. The van der Waals surface area contributed by atoms with Gasteiger partial charge in [-0.25, -0.2) is 9.46 Å². The molecule has 0 bridgehead atoms. The summed E-state index contributed by atoms with van der Waals surface area (Å²) >= 11 is 0. The summed E-state index contributed by atoms with van der Waals surface area (Å²) < 4.78 is 50.3. The Hall–Kier alpha value is -4.49. The number of carbonyl (C=O) groups is 1. The summed E-state index contributed by atoms with van der Waals surface area (Å²) in [5.74, 6) is 1.12. The first-order chi connectivity index (χ1) is 29.9. The van der Waals surface area contributed by atoms with Gasteiger partial charge in [-0.15, -0.1) is 0 Å². The largest absolute Gasteiger partial charge is 0.497 e. The van der Waals surface area contributed by atoms with Gasteiger partial charge in [-0.05, 0) is 92.8 Å². The molecule has 16 heteroatoms. The molecular weight excluding hydrogens is 840 g/mol. The molecule has 2 unspecified atom stereocenters. The van der Waals surface area contributed by atoms with E-state index in [0.717, 1.165) is 16.7 Å². The van der Waals surface area contributed by atoms with Crippen LogP contribution in [0.15, 0.2) is 95.9 Å². The molecule has 2 heterocycles. The van der Waals surface area contributed by atoms with E-state index in [9.17, 15) is 14.9 Å². The number of benzene rings is 3. The fraction of sp³-hybridized carbons (Fsp3) is 0.489. The average molecular weight is 904 g/mol. The van der Waals surface area contributed by atoms with Gasteiger partial charge in [0.2, 0.25) is 5.91 Å². The molecule has 14 nitrogen and oxygen atoms in total. The number of hydrogen-bond donors (Lipinski definition) is 1. The van der Waals surface area contributed by atoms with E-state index >= 15 is 0 Å². The van der Waals surface area contributed by atoms with E-state index < -0.39 is 52.7 Å². The van der Waals surface area contributed by atoms with E-state index in [1.807, 2.05) is 78.9 Å². The van der Waals surface area contributed by atoms with Crippen molar-refractivity contribution in [3.8, 4) is 17.6 Å². The van der Waals surface area contributed by atoms with Crippen LogP contribution in [-0.2, 0) is 33.3 Å². The fourth-order valence-electron chi connectivity index (χ4n) is 7.37. The topological polar surface area (TPSA) is 156 Å². The van der Waals surface area contributed by atoms with E-state index in [0.29, 0.717) is 11.5 Å². The number of anilines is 1. The van der Waals surface area contributed by atoms with Gasteiger partial charge in [0, 0.05) is 25.2 Å². The highest BCUT2D eigenvalue weighted by Crippen LogP contribution is 2.52. The Kier molecular flexibility index (Phi) is 16.9. The van der Waals surface area contributed by atoms with E-state index in [1.54, 1.807) is 26.5 Å². The van der Waals surface area contributed by atoms with Gasteiger partial charge < -0.3 is 37.7 Å². The third kappa shape index (κ3) is 11.6. The van der Waals surface area contributed by atoms with Gasteiger partial charge in [0.1, 0.15) is 41.2 Å². The first-order valence-electron chi connectivity index (χ1n) is 21.3. The third-order valence-corrected chi connectivity index (χ3v) is 18.0. The first-order valence-corrected chi connectivity index (χ1v) is 25.3. The SMILES string of the molecule is COc1ccc(C(OC[C@H]2O[C@@H]([15n]3ccc(NC(C)=O)[15n]c3=O)[C@@H](O[Si](C)(C)C(C)(C)C)C2OP(OCCC#N)N(C(C)C)C(C)C)(c2ccccc2)c2ccc(OC)cc2)cc1. The van der Waals surface area contributed by atoms with Gasteiger partial charge in [0.15, 0.2) is 14.5 Å². The second-order valence-corrected chi connectivity index (χ2v) is 23.7. The van der Waals surface area contributed by atoms with Crippen molar-refractivity contribution in [3.63, 3.8) is 0 Å². The van der Waals surface area contributed by atoms with E-state index in [1.165, 1.54) is 11.5 Å². The molecule has 4 aromatic rings. The number of ether oxygens (including phenoxy) is 4. The van der Waals surface area contributed by atoms with Gasteiger partial charge >= 0.3 is 5.69 Å². The second kappa shape index (κ2) is 21.5. The Balaban J connectivity index is 1.74. The molecule has 5 rings (SSSR count). The van der Waals surface area contributed by atoms with Crippen LogP contribution in [-0.4, -0.2) is 86.3 Å². The van der Waals surface area contributed by atoms with Crippen molar-refractivity contribution in [1.82, 2.24) is 14.2 Å². The van der Waals surface area contributed by atoms with Crippen LogP contribution in [0.25, 0.3) is 0 Å². The van der Waals surface area contributed by atoms with E-state index in [-0.39, 0.29) is 48.5 Å². The monoisotopic (exact) mass is 903 g/mol. The van der Waals surface area contributed by atoms with Gasteiger partial charge in [-0.2, -0.15) is 10.2 Å². The summed E-state index contributed by atoms with van der Waals surface area (Å²) in [6.45, 7) is 20.4. The first kappa shape index (κ1) is 49.5. The predicted molar refractivity (Wildman–Crippen MR) is 247 cm³/mol. The smallest absolute Gasteiger partial charge is 0.351 e. The Morgan fingerprint density at radius 3 is 1.94 bits per heavy atom. The normalized spacial score (nSPS) is 18.7. The lowest BCUT2D eigenvalue weighted by atomic mass is 9.80. The zero-order chi connectivity index (χ0) is 46.1. The number of nitrogens with one attached hydrogen (secondary N) is 1. The van der Waals surface area contributed by atoms with Crippen LogP contribution in [0.3, 0.4) is 0 Å². The molecule has 3 aromatic carbocycles. The standard InChI is InChI=1S/C47H64N5O9PSi/c1-32(2)52(33(3)4)62(58-30-16-28-48)60-42-40(59-44(43(42)61-63(11,12)46(6,7)8)51-29-27-41(49-34(5)53)50-45(51)54)31-57-47(35-17-14-13-15-18-35,36-19-23-38(55-9)24-20-36)37-21-25-39(56-10)26-22-37/h13-15,17-27,29,32-33,40,42-44H,16,30-31H2,1-12H3,(H,49,50,53,54)/t40-,42?,43+,44-,62?/m1/s1/i50+1,51+1. The molecule has 1 saturated heterocycles. The van der Waals surface area contributed by atoms with Gasteiger partial charge in [-0.3, -0.25) is 9.36 Å². The van der Waals surface area contributed by atoms with Gasteiger partial charge in [0.05, 0.1) is 39.9 Å². The molecule has 63 heavy (non-hydrogen) atoms. The van der Waals surface area contributed by atoms with Crippen molar-refractivity contribution < 1.29 is 37.2 Å². The molecule has 0 radical (unpaired) electrons. The molecule has 340 valence electrons. The van der Waals surface area contributed by atoms with E-state index in [2.05, 4.69) is 82.6 Å². The lowest BCUT2D eigenvalue weighted by Gasteiger charge is -2.42. The Morgan fingerprint density at radius 2 is 1.46 bits per heavy atom. The summed E-state index contributed by atoms with van der Waals surface area (Å²) in [4.78, 5) is 30.2. The lowest BCUT2D eigenvalue weighted by molar-refractivity contribution is -0.114. The maximum absolute atomic E-state index is 14.0.